The number of hydrogen-bond acceptors (Lipinski definition) is 3. The first-order valence-electron chi connectivity index (χ1n) is 3.25. The summed E-state index contributed by atoms with van der Waals surface area (Å²) < 4.78 is 5.24. The van der Waals surface area contributed by atoms with E-state index in [1.807, 2.05) is 6.07 Å². The van der Waals surface area contributed by atoms with Crippen LogP contribution in [0.2, 0.25) is 0 Å². The molecule has 0 aromatic heterocycles. The van der Waals surface area contributed by atoms with Gasteiger partial charge in [-0.3, -0.25) is 4.79 Å². The monoisotopic (exact) mass is 166 g/mol. The van der Waals surface area contributed by atoms with Gasteiger partial charge in [0.15, 0.2) is 0 Å². The van der Waals surface area contributed by atoms with Crippen LogP contribution in [-0.4, -0.2) is 12.2 Å². The first-order chi connectivity index (χ1) is 5.40. The lowest BCUT2D eigenvalue weighted by Crippen LogP contribution is -1.84. The molecule has 0 saturated carbocycles. The van der Waals surface area contributed by atoms with Gasteiger partial charge in [-0.05, 0) is 12.1 Å². The Labute approximate surface area is 68.6 Å². The van der Waals surface area contributed by atoms with E-state index in [-0.39, 0.29) is 0 Å². The average molecular weight is 166 g/mol. The Balaban J connectivity index is 2.48. The number of aldehydes is 1. The molecule has 0 unspecified atom stereocenters. The molecule has 0 spiro atoms. The summed E-state index contributed by atoms with van der Waals surface area (Å²) in [6, 6.07) is 5.48. The molecule has 1 aromatic rings. The molecular weight excluding hydrogens is 160 g/mol. The summed E-state index contributed by atoms with van der Waals surface area (Å²) in [4.78, 5) is 11.5. The predicted molar refractivity (Wildman–Crippen MR) is 43.2 cm³/mol. The minimum atomic E-state index is 0.664. The summed E-state index contributed by atoms with van der Waals surface area (Å²) >= 11 is 1.65. The first-order valence-corrected chi connectivity index (χ1v) is 4.23. The minimum absolute atomic E-state index is 0.664. The lowest BCUT2D eigenvalue weighted by atomic mass is 10.2. The molecule has 0 fully saturated rings. The highest BCUT2D eigenvalue weighted by atomic mass is 32.2. The minimum Gasteiger partial charge on any atom is -0.481 e. The van der Waals surface area contributed by atoms with Crippen LogP contribution in [0.5, 0.6) is 5.75 Å². The molecule has 2 rings (SSSR count). The molecule has 3 heteroatoms. The maximum absolute atomic E-state index is 10.3. The largest absolute Gasteiger partial charge is 0.481 e. The van der Waals surface area contributed by atoms with Crippen LogP contribution >= 0.6 is 11.8 Å². The average Bonchev–Trinajstić information content (AvgIpc) is 2.50. The molecule has 0 amide bonds. The molecule has 1 aromatic carbocycles. The van der Waals surface area contributed by atoms with Gasteiger partial charge in [0.05, 0.1) is 4.90 Å². The summed E-state index contributed by atoms with van der Waals surface area (Å²) in [7, 11) is 0. The number of carbonyl (C=O) groups is 1. The molecule has 56 valence electrons. The van der Waals surface area contributed by atoms with Gasteiger partial charge < -0.3 is 4.74 Å². The van der Waals surface area contributed by atoms with Gasteiger partial charge in [0.1, 0.15) is 18.0 Å². The van der Waals surface area contributed by atoms with Gasteiger partial charge in [-0.15, -0.1) is 0 Å². The lowest BCUT2D eigenvalue weighted by Gasteiger charge is -1.96. The van der Waals surface area contributed by atoms with E-state index in [1.165, 1.54) is 0 Å². The predicted octanol–water partition coefficient (Wildman–Crippen LogP) is 1.94. The van der Waals surface area contributed by atoms with Crippen molar-refractivity contribution in [3.63, 3.8) is 0 Å². The topological polar surface area (TPSA) is 26.3 Å². The highest BCUT2D eigenvalue weighted by Crippen LogP contribution is 2.35. The molecule has 0 saturated heterocycles. The van der Waals surface area contributed by atoms with Crippen LogP contribution in [0.25, 0.3) is 0 Å². The molecule has 11 heavy (non-hydrogen) atoms. The van der Waals surface area contributed by atoms with Crippen LogP contribution < -0.4 is 4.74 Å². The maximum Gasteiger partial charge on any atom is 0.150 e. The number of carbonyl (C=O) groups excluding carboxylic acids is 1. The van der Waals surface area contributed by atoms with E-state index in [9.17, 15) is 4.79 Å². The van der Waals surface area contributed by atoms with Gasteiger partial charge in [-0.1, -0.05) is 17.8 Å². The molecule has 0 bridgehead atoms. The zero-order valence-electron chi connectivity index (χ0n) is 5.74. The number of hydrogen-bond donors (Lipinski definition) is 0. The van der Waals surface area contributed by atoms with Crippen LogP contribution in [0.15, 0.2) is 23.1 Å². The van der Waals surface area contributed by atoms with Crippen molar-refractivity contribution in [1.29, 1.82) is 0 Å². The van der Waals surface area contributed by atoms with E-state index < -0.39 is 0 Å². The van der Waals surface area contributed by atoms with Gasteiger partial charge in [-0.2, -0.15) is 0 Å². The second kappa shape index (κ2) is 2.58. The Hall–Kier alpha value is -0.960. The van der Waals surface area contributed by atoms with Crippen molar-refractivity contribution < 1.29 is 9.53 Å². The zero-order chi connectivity index (χ0) is 7.68. The van der Waals surface area contributed by atoms with Crippen molar-refractivity contribution in [2.45, 2.75) is 4.90 Å². The molecule has 1 heterocycles. The van der Waals surface area contributed by atoms with E-state index in [2.05, 4.69) is 0 Å². The second-order valence-corrected chi connectivity index (χ2v) is 3.19. The lowest BCUT2D eigenvalue weighted by molar-refractivity contribution is 0.112. The number of thioether (sulfide) groups is 1. The summed E-state index contributed by atoms with van der Waals surface area (Å²) in [5, 5.41) is 0. The molecule has 0 atom stereocenters. The molecule has 0 N–H and O–H groups in total. The smallest absolute Gasteiger partial charge is 0.150 e. The van der Waals surface area contributed by atoms with E-state index in [1.54, 1.807) is 23.9 Å². The molecule has 1 aliphatic rings. The normalized spacial score (nSPS) is 13.8. The fourth-order valence-corrected chi connectivity index (χ4v) is 1.72. The van der Waals surface area contributed by atoms with Crippen molar-refractivity contribution in [1.82, 2.24) is 0 Å². The fourth-order valence-electron chi connectivity index (χ4n) is 0.986. The van der Waals surface area contributed by atoms with Crippen LogP contribution in [0.1, 0.15) is 10.4 Å². The van der Waals surface area contributed by atoms with Crippen molar-refractivity contribution >= 4 is 18.0 Å². The number of rotatable bonds is 1. The molecule has 1 aliphatic heterocycles. The van der Waals surface area contributed by atoms with Crippen molar-refractivity contribution in [2.24, 2.45) is 0 Å². The Morgan fingerprint density at radius 3 is 3.27 bits per heavy atom. The number of ether oxygens (including phenoxy) is 1. The van der Waals surface area contributed by atoms with E-state index in [4.69, 9.17) is 4.74 Å². The Morgan fingerprint density at radius 2 is 2.45 bits per heavy atom. The van der Waals surface area contributed by atoms with E-state index in [0.29, 0.717) is 11.5 Å². The van der Waals surface area contributed by atoms with Gasteiger partial charge in [0.25, 0.3) is 0 Å². The molecular formula is C8H6O2S. The summed E-state index contributed by atoms with van der Waals surface area (Å²) in [6.45, 7) is 0. The van der Waals surface area contributed by atoms with Crippen molar-refractivity contribution in [2.75, 3.05) is 5.94 Å². The van der Waals surface area contributed by atoms with Gasteiger partial charge in [0, 0.05) is 5.56 Å². The quantitative estimate of drug-likeness (QED) is 0.596. The second-order valence-electron chi connectivity index (χ2n) is 2.23. The molecule has 0 aliphatic carbocycles. The van der Waals surface area contributed by atoms with Gasteiger partial charge >= 0.3 is 0 Å². The number of fused-ring (bicyclic) bond motifs is 1. The van der Waals surface area contributed by atoms with Crippen molar-refractivity contribution in [3.05, 3.63) is 23.8 Å². The third-order valence-corrected chi connectivity index (χ3v) is 2.42. The van der Waals surface area contributed by atoms with Gasteiger partial charge in [-0.25, -0.2) is 0 Å². The van der Waals surface area contributed by atoms with E-state index in [0.717, 1.165) is 16.9 Å². The molecule has 2 nitrogen and oxygen atoms in total. The Bertz CT molecular complexity index is 296. The standard InChI is InChI=1S/C8H6O2S/c9-4-6-1-2-8-7(3-6)10-5-11-8/h1-4H,5H2. The van der Waals surface area contributed by atoms with Gasteiger partial charge in [0.2, 0.25) is 0 Å². The summed E-state index contributed by atoms with van der Waals surface area (Å²) in [6.07, 6.45) is 0.826. The third kappa shape index (κ3) is 1.12. The zero-order valence-corrected chi connectivity index (χ0v) is 6.56. The van der Waals surface area contributed by atoms with E-state index >= 15 is 0 Å². The summed E-state index contributed by atoms with van der Waals surface area (Å²) in [5.74, 6) is 1.50. The Morgan fingerprint density at radius 1 is 1.55 bits per heavy atom. The highest BCUT2D eigenvalue weighted by Gasteiger charge is 2.11. The fraction of sp³-hybridized carbons (Fsp3) is 0.125. The highest BCUT2D eigenvalue weighted by molar-refractivity contribution is 7.99. The first kappa shape index (κ1) is 6.73. The van der Waals surface area contributed by atoms with Crippen LogP contribution in [0.4, 0.5) is 0 Å². The van der Waals surface area contributed by atoms with Crippen LogP contribution in [0.3, 0.4) is 0 Å². The third-order valence-electron chi connectivity index (χ3n) is 1.53. The van der Waals surface area contributed by atoms with Crippen molar-refractivity contribution in [3.8, 4) is 5.75 Å². The maximum atomic E-state index is 10.3. The SMILES string of the molecule is O=Cc1ccc2c(c1)OCS2. The number of benzene rings is 1. The summed E-state index contributed by atoms with van der Waals surface area (Å²) in [5.41, 5.74) is 0.672. The Kier molecular flexibility index (Phi) is 1.58. The van der Waals surface area contributed by atoms with Crippen LogP contribution in [0, 0.1) is 0 Å². The molecule has 0 radical (unpaired) electrons. The van der Waals surface area contributed by atoms with Crippen LogP contribution in [-0.2, 0) is 0 Å².